The molecule has 0 saturated carbocycles. The van der Waals surface area contributed by atoms with E-state index in [0.29, 0.717) is 22.6 Å². The highest BCUT2D eigenvalue weighted by Crippen LogP contribution is 2.32. The third kappa shape index (κ3) is 5.67. The lowest BCUT2D eigenvalue weighted by Gasteiger charge is -2.12. The molecular weight excluding hydrogens is 443 g/mol. The van der Waals surface area contributed by atoms with Crippen LogP contribution in [0, 0.1) is 5.82 Å². The normalized spacial score (nSPS) is 14.6. The van der Waals surface area contributed by atoms with Gasteiger partial charge in [-0.2, -0.15) is 0 Å². The maximum atomic E-state index is 13.7. The van der Waals surface area contributed by atoms with Crippen molar-refractivity contribution in [2.75, 3.05) is 11.9 Å². The fraction of sp³-hybridized carbons (Fsp3) is 0.0800. The number of ether oxygens (including phenoxy) is 1. The maximum Gasteiger partial charge on any atom is 0.294 e. The van der Waals surface area contributed by atoms with Gasteiger partial charge in [-0.3, -0.25) is 19.3 Å². The summed E-state index contributed by atoms with van der Waals surface area (Å²) < 4.78 is 19.3. The summed E-state index contributed by atoms with van der Waals surface area (Å²) in [5.74, 6) is -0.766. The first-order chi connectivity index (χ1) is 16.0. The van der Waals surface area contributed by atoms with E-state index in [9.17, 15) is 18.8 Å². The van der Waals surface area contributed by atoms with Crippen molar-refractivity contribution >= 4 is 40.6 Å². The Morgan fingerprint density at radius 1 is 0.970 bits per heavy atom. The van der Waals surface area contributed by atoms with Gasteiger partial charge in [-0.15, -0.1) is 0 Å². The Bertz CT molecular complexity index is 1210. The Morgan fingerprint density at radius 2 is 1.67 bits per heavy atom. The molecule has 1 fully saturated rings. The summed E-state index contributed by atoms with van der Waals surface area (Å²) in [6.45, 7) is -0.268. The van der Waals surface area contributed by atoms with Crippen molar-refractivity contribution in [3.05, 3.63) is 101 Å². The van der Waals surface area contributed by atoms with Crippen LogP contribution in [0.3, 0.4) is 0 Å². The Labute approximate surface area is 194 Å². The van der Waals surface area contributed by atoms with Crippen LogP contribution in [0.25, 0.3) is 6.08 Å². The number of halogens is 1. The quantitative estimate of drug-likeness (QED) is 0.496. The van der Waals surface area contributed by atoms with Crippen LogP contribution in [0.5, 0.6) is 5.75 Å². The number of thioether (sulfide) groups is 1. The van der Waals surface area contributed by atoms with E-state index in [-0.39, 0.29) is 23.9 Å². The van der Waals surface area contributed by atoms with Gasteiger partial charge in [0.05, 0.1) is 4.91 Å². The Kier molecular flexibility index (Phi) is 6.85. The van der Waals surface area contributed by atoms with Crippen molar-refractivity contribution in [2.45, 2.75) is 6.61 Å². The first-order valence-electron chi connectivity index (χ1n) is 10.1. The molecule has 0 atom stereocenters. The van der Waals surface area contributed by atoms with Gasteiger partial charge in [0.25, 0.3) is 11.1 Å². The van der Waals surface area contributed by atoms with E-state index in [1.807, 2.05) is 6.07 Å². The summed E-state index contributed by atoms with van der Waals surface area (Å²) in [7, 11) is 0. The summed E-state index contributed by atoms with van der Waals surface area (Å²) in [4.78, 5) is 38.3. The predicted octanol–water partition coefficient (Wildman–Crippen LogP) is 5.08. The SMILES string of the molecule is O=C(CN1C(=O)S/C(=C/c2ccc(OCc3ccccc3F)cc2)C1=O)Nc1ccccc1. The highest BCUT2D eigenvalue weighted by Gasteiger charge is 2.36. The number of hydrogen-bond donors (Lipinski definition) is 1. The van der Waals surface area contributed by atoms with Crippen LogP contribution in [0.15, 0.2) is 83.8 Å². The van der Waals surface area contributed by atoms with Gasteiger partial charge in [0.2, 0.25) is 5.91 Å². The van der Waals surface area contributed by atoms with Gasteiger partial charge in [-0.25, -0.2) is 4.39 Å². The number of nitrogens with zero attached hydrogens (tertiary/aromatic N) is 1. The largest absolute Gasteiger partial charge is 0.489 e. The summed E-state index contributed by atoms with van der Waals surface area (Å²) in [6.07, 6.45) is 1.58. The predicted molar refractivity (Wildman–Crippen MR) is 125 cm³/mol. The molecule has 0 unspecified atom stereocenters. The zero-order chi connectivity index (χ0) is 23.2. The third-order valence-electron chi connectivity index (χ3n) is 4.76. The number of carbonyl (C=O) groups excluding carboxylic acids is 3. The molecule has 0 bridgehead atoms. The molecule has 0 aromatic heterocycles. The Morgan fingerprint density at radius 3 is 2.39 bits per heavy atom. The van der Waals surface area contributed by atoms with Gasteiger partial charge in [0, 0.05) is 11.3 Å². The second kappa shape index (κ2) is 10.1. The molecule has 0 aliphatic carbocycles. The molecule has 1 N–H and O–H groups in total. The Hall–Kier alpha value is -3.91. The number of nitrogens with one attached hydrogen (secondary N) is 1. The molecule has 166 valence electrons. The van der Waals surface area contributed by atoms with E-state index in [4.69, 9.17) is 4.74 Å². The molecule has 1 aliphatic heterocycles. The molecule has 8 heteroatoms. The maximum absolute atomic E-state index is 13.7. The smallest absolute Gasteiger partial charge is 0.294 e. The molecular formula is C25H19FN2O4S. The first-order valence-corrected chi connectivity index (χ1v) is 10.9. The number of carbonyl (C=O) groups is 3. The minimum absolute atomic E-state index is 0.0932. The lowest BCUT2D eigenvalue weighted by molar-refractivity contribution is -0.127. The van der Waals surface area contributed by atoms with Crippen molar-refractivity contribution < 1.29 is 23.5 Å². The number of hydrogen-bond acceptors (Lipinski definition) is 5. The summed E-state index contributed by atoms with van der Waals surface area (Å²) in [6, 6.07) is 22.0. The van der Waals surface area contributed by atoms with Gasteiger partial charge in [0.15, 0.2) is 0 Å². The fourth-order valence-corrected chi connectivity index (χ4v) is 3.93. The van der Waals surface area contributed by atoms with E-state index in [2.05, 4.69) is 5.32 Å². The summed E-state index contributed by atoms with van der Waals surface area (Å²) in [5.41, 5.74) is 1.72. The standard InChI is InChI=1S/C25H19FN2O4S/c26-21-9-5-4-6-18(21)16-32-20-12-10-17(11-13-20)14-22-24(30)28(25(31)33-22)15-23(29)27-19-7-2-1-3-8-19/h1-14H,15-16H2,(H,27,29)/b22-14+. The number of imide groups is 1. The molecule has 6 nitrogen and oxygen atoms in total. The van der Waals surface area contributed by atoms with E-state index in [0.717, 1.165) is 16.7 Å². The molecule has 0 spiro atoms. The monoisotopic (exact) mass is 462 g/mol. The topological polar surface area (TPSA) is 75.7 Å². The zero-order valence-electron chi connectivity index (χ0n) is 17.4. The highest BCUT2D eigenvalue weighted by molar-refractivity contribution is 8.18. The molecule has 4 rings (SSSR count). The molecule has 1 aliphatic rings. The minimum Gasteiger partial charge on any atom is -0.489 e. The average molecular weight is 463 g/mol. The zero-order valence-corrected chi connectivity index (χ0v) is 18.2. The summed E-state index contributed by atoms with van der Waals surface area (Å²) in [5, 5.41) is 2.16. The van der Waals surface area contributed by atoms with Crippen LogP contribution in [0.4, 0.5) is 14.9 Å². The van der Waals surface area contributed by atoms with Crippen LogP contribution in [0.2, 0.25) is 0 Å². The summed E-state index contributed by atoms with van der Waals surface area (Å²) >= 11 is 0.784. The number of rotatable bonds is 7. The average Bonchev–Trinajstić information content (AvgIpc) is 3.07. The minimum atomic E-state index is -0.520. The van der Waals surface area contributed by atoms with Crippen LogP contribution in [0.1, 0.15) is 11.1 Å². The molecule has 3 aromatic rings. The number of para-hydroxylation sites is 1. The molecule has 1 saturated heterocycles. The molecule has 33 heavy (non-hydrogen) atoms. The van der Waals surface area contributed by atoms with Gasteiger partial charge >= 0.3 is 0 Å². The van der Waals surface area contributed by atoms with Crippen LogP contribution in [-0.4, -0.2) is 28.5 Å². The van der Waals surface area contributed by atoms with E-state index in [1.165, 1.54) is 6.07 Å². The van der Waals surface area contributed by atoms with Gasteiger partial charge < -0.3 is 10.1 Å². The van der Waals surface area contributed by atoms with Gasteiger partial charge in [-0.05, 0) is 53.7 Å². The lowest BCUT2D eigenvalue weighted by atomic mass is 10.2. The number of anilines is 1. The second-order valence-electron chi connectivity index (χ2n) is 7.13. The van der Waals surface area contributed by atoms with Crippen LogP contribution < -0.4 is 10.1 Å². The van der Waals surface area contributed by atoms with Crippen LogP contribution >= 0.6 is 11.8 Å². The number of benzene rings is 3. The van der Waals surface area contributed by atoms with Crippen molar-refractivity contribution in [3.8, 4) is 5.75 Å². The second-order valence-corrected chi connectivity index (χ2v) is 8.12. The van der Waals surface area contributed by atoms with E-state index in [1.54, 1.807) is 72.8 Å². The Balaban J connectivity index is 1.36. The lowest BCUT2D eigenvalue weighted by Crippen LogP contribution is -2.36. The highest BCUT2D eigenvalue weighted by atomic mass is 32.2. The van der Waals surface area contributed by atoms with Gasteiger partial charge in [0.1, 0.15) is 24.7 Å². The van der Waals surface area contributed by atoms with Crippen LogP contribution in [-0.2, 0) is 16.2 Å². The van der Waals surface area contributed by atoms with Gasteiger partial charge in [-0.1, -0.05) is 48.5 Å². The van der Waals surface area contributed by atoms with Crippen molar-refractivity contribution in [1.82, 2.24) is 4.90 Å². The van der Waals surface area contributed by atoms with Crippen molar-refractivity contribution in [3.63, 3.8) is 0 Å². The van der Waals surface area contributed by atoms with Crippen molar-refractivity contribution in [2.24, 2.45) is 0 Å². The molecule has 0 radical (unpaired) electrons. The molecule has 1 heterocycles. The third-order valence-corrected chi connectivity index (χ3v) is 5.67. The molecule has 3 amide bonds. The first kappa shape index (κ1) is 22.3. The fourth-order valence-electron chi connectivity index (χ4n) is 3.09. The number of amides is 3. The van der Waals surface area contributed by atoms with E-state index >= 15 is 0 Å². The van der Waals surface area contributed by atoms with Crippen molar-refractivity contribution in [1.29, 1.82) is 0 Å². The van der Waals surface area contributed by atoms with E-state index < -0.39 is 17.1 Å². The molecule has 3 aromatic carbocycles.